The Morgan fingerprint density at radius 3 is 2.73 bits per heavy atom. The number of methoxy groups -OCH3 is 1. The van der Waals surface area contributed by atoms with Crippen LogP contribution < -0.4 is 25.1 Å². The van der Waals surface area contributed by atoms with Gasteiger partial charge in [0.1, 0.15) is 19.0 Å². The van der Waals surface area contributed by atoms with E-state index in [2.05, 4.69) is 10.3 Å². The summed E-state index contributed by atoms with van der Waals surface area (Å²) in [7, 11) is 1.60. The van der Waals surface area contributed by atoms with Gasteiger partial charge in [-0.25, -0.2) is 4.98 Å². The number of nitrogens with zero attached hydrogens (tertiary/aromatic N) is 2. The van der Waals surface area contributed by atoms with E-state index < -0.39 is 0 Å². The molecule has 0 radical (unpaired) electrons. The van der Waals surface area contributed by atoms with Crippen molar-refractivity contribution in [3.63, 3.8) is 0 Å². The predicted molar refractivity (Wildman–Crippen MR) is 121 cm³/mol. The molecule has 174 valence electrons. The van der Waals surface area contributed by atoms with Gasteiger partial charge in [0, 0.05) is 25.6 Å². The third-order valence-electron chi connectivity index (χ3n) is 5.81. The molecule has 5 rings (SSSR count). The van der Waals surface area contributed by atoms with Crippen molar-refractivity contribution >= 4 is 11.0 Å². The van der Waals surface area contributed by atoms with Gasteiger partial charge < -0.3 is 33.6 Å². The average molecular weight is 453 g/mol. The number of aryl methyl sites for hydroxylation is 1. The molecule has 9 nitrogen and oxygen atoms in total. The van der Waals surface area contributed by atoms with Crippen LogP contribution in [0.25, 0.3) is 11.0 Å². The van der Waals surface area contributed by atoms with Crippen LogP contribution >= 0.6 is 0 Å². The molecule has 2 aromatic carbocycles. The third-order valence-corrected chi connectivity index (χ3v) is 5.81. The fourth-order valence-electron chi connectivity index (χ4n) is 4.02. The normalized spacial score (nSPS) is 20.0. The van der Waals surface area contributed by atoms with E-state index in [-0.39, 0.29) is 17.9 Å². The van der Waals surface area contributed by atoms with E-state index in [1.807, 2.05) is 36.4 Å². The van der Waals surface area contributed by atoms with Gasteiger partial charge in [-0.15, -0.1) is 0 Å². The van der Waals surface area contributed by atoms with Crippen LogP contribution in [0.3, 0.4) is 0 Å². The molecular formula is C24H27N3O6. The predicted octanol–water partition coefficient (Wildman–Crippen LogP) is 2.10. The molecule has 0 bridgehead atoms. The van der Waals surface area contributed by atoms with Crippen LogP contribution in [0.4, 0.5) is 0 Å². The second-order valence-electron chi connectivity index (χ2n) is 8.04. The monoisotopic (exact) mass is 453 g/mol. The van der Waals surface area contributed by atoms with Gasteiger partial charge in [-0.1, -0.05) is 6.07 Å². The highest BCUT2D eigenvalue weighted by atomic mass is 16.7. The number of hydrogen-bond donors (Lipinski definition) is 1. The first-order valence-electron chi connectivity index (χ1n) is 11.1. The maximum atomic E-state index is 12.4. The van der Waals surface area contributed by atoms with E-state index in [4.69, 9.17) is 23.7 Å². The lowest BCUT2D eigenvalue weighted by Gasteiger charge is -2.30. The molecule has 1 saturated heterocycles. The molecule has 2 aliphatic heterocycles. The van der Waals surface area contributed by atoms with Gasteiger partial charge in [0.05, 0.1) is 43.6 Å². The molecule has 33 heavy (non-hydrogen) atoms. The van der Waals surface area contributed by atoms with E-state index in [9.17, 15) is 4.79 Å². The van der Waals surface area contributed by atoms with Crippen LogP contribution in [0.1, 0.15) is 12.0 Å². The Hall–Kier alpha value is -3.14. The topological polar surface area (TPSA) is 93.1 Å². The second-order valence-corrected chi connectivity index (χ2v) is 8.04. The Labute approximate surface area is 191 Å². The molecular weight excluding hydrogens is 426 g/mol. The zero-order valence-corrected chi connectivity index (χ0v) is 18.5. The first-order chi connectivity index (χ1) is 16.2. The number of rotatable bonds is 7. The van der Waals surface area contributed by atoms with Gasteiger partial charge in [0.2, 0.25) is 0 Å². The van der Waals surface area contributed by atoms with Gasteiger partial charge in [0.25, 0.3) is 5.56 Å². The highest BCUT2D eigenvalue weighted by Crippen LogP contribution is 2.30. The zero-order chi connectivity index (χ0) is 22.6. The minimum absolute atomic E-state index is 0.0863. The first kappa shape index (κ1) is 21.7. The lowest BCUT2D eigenvalue weighted by atomic mass is 10.1. The number of aromatic nitrogens is 2. The first-order valence-corrected chi connectivity index (χ1v) is 11.1. The van der Waals surface area contributed by atoms with Crippen LogP contribution in [-0.4, -0.2) is 55.4 Å². The maximum Gasteiger partial charge on any atom is 0.269 e. The number of benzene rings is 2. The number of nitrogens with one attached hydrogen (secondary N) is 1. The summed E-state index contributed by atoms with van der Waals surface area (Å²) in [5, 5.41) is 3.46. The van der Waals surface area contributed by atoms with E-state index in [1.165, 1.54) is 6.20 Å². The molecule has 1 fully saturated rings. The summed E-state index contributed by atoms with van der Waals surface area (Å²) in [6.07, 6.45) is 1.54. The minimum atomic E-state index is -0.363. The summed E-state index contributed by atoms with van der Waals surface area (Å²) in [4.78, 5) is 16.6. The fraction of sp³-hybridized carbons (Fsp3) is 0.417. The Kier molecular flexibility index (Phi) is 6.43. The van der Waals surface area contributed by atoms with E-state index in [1.54, 1.807) is 11.7 Å². The molecule has 2 aliphatic rings. The van der Waals surface area contributed by atoms with Crippen molar-refractivity contribution in [3.05, 3.63) is 58.5 Å². The van der Waals surface area contributed by atoms with Crippen LogP contribution in [0.2, 0.25) is 0 Å². The van der Waals surface area contributed by atoms with E-state index >= 15 is 0 Å². The minimum Gasteiger partial charge on any atom is -0.497 e. The molecule has 1 N–H and O–H groups in total. The van der Waals surface area contributed by atoms with Gasteiger partial charge in [-0.2, -0.15) is 0 Å². The largest absolute Gasteiger partial charge is 0.497 e. The Morgan fingerprint density at radius 2 is 1.91 bits per heavy atom. The molecule has 3 heterocycles. The van der Waals surface area contributed by atoms with Crippen molar-refractivity contribution < 1.29 is 23.7 Å². The molecule has 0 saturated carbocycles. The molecule has 1 aromatic heterocycles. The number of fused-ring (bicyclic) bond motifs is 2. The van der Waals surface area contributed by atoms with Crippen LogP contribution in [0.5, 0.6) is 17.2 Å². The summed E-state index contributed by atoms with van der Waals surface area (Å²) >= 11 is 0. The van der Waals surface area contributed by atoms with Crippen LogP contribution in [0, 0.1) is 0 Å². The molecule has 3 aromatic rings. The third kappa shape index (κ3) is 4.95. The Morgan fingerprint density at radius 1 is 1.09 bits per heavy atom. The average Bonchev–Trinajstić information content (AvgIpc) is 2.87. The van der Waals surface area contributed by atoms with Crippen LogP contribution in [0.15, 0.2) is 47.4 Å². The van der Waals surface area contributed by atoms with Gasteiger partial charge >= 0.3 is 0 Å². The van der Waals surface area contributed by atoms with Crippen molar-refractivity contribution in [1.29, 1.82) is 0 Å². The Balaban J connectivity index is 1.13. The summed E-state index contributed by atoms with van der Waals surface area (Å²) in [5.41, 5.74) is 2.42. The summed E-state index contributed by atoms with van der Waals surface area (Å²) in [6.45, 7) is 3.38. The molecule has 0 atom stereocenters. The smallest absolute Gasteiger partial charge is 0.269 e. The molecule has 0 spiro atoms. The quantitative estimate of drug-likeness (QED) is 0.582. The highest BCUT2D eigenvalue weighted by molar-refractivity contribution is 5.76. The van der Waals surface area contributed by atoms with Crippen LogP contribution in [-0.2, 0) is 22.6 Å². The van der Waals surface area contributed by atoms with Crippen molar-refractivity contribution in [3.8, 4) is 17.2 Å². The van der Waals surface area contributed by atoms with Gasteiger partial charge in [-0.05, 0) is 29.8 Å². The molecule has 0 unspecified atom stereocenters. The standard InChI is InChI=1S/C24H27N3O6/c1-29-18-3-4-19-20(11-18)27(23(28)13-26-19)7-6-24-32-14-17(15-33-24)25-12-16-2-5-21-22(10-16)31-9-8-30-21/h2-5,10-11,13,17,24-25H,6-9,12,14-15H2,1H3/t17-,24-. The molecule has 0 aliphatic carbocycles. The lowest BCUT2D eigenvalue weighted by molar-refractivity contribution is -0.193. The lowest BCUT2D eigenvalue weighted by Crippen LogP contribution is -2.44. The zero-order valence-electron chi connectivity index (χ0n) is 18.5. The molecule has 9 heteroatoms. The van der Waals surface area contributed by atoms with E-state index in [0.717, 1.165) is 28.1 Å². The maximum absolute atomic E-state index is 12.4. The van der Waals surface area contributed by atoms with E-state index in [0.29, 0.717) is 51.7 Å². The SMILES string of the molecule is COc1ccc2ncc(=O)n(CC[C@H]3OC[C@H](NCc4ccc5c(c4)OCCO5)CO3)c2c1. The second kappa shape index (κ2) is 9.78. The van der Waals surface area contributed by atoms with Crippen molar-refractivity contribution in [2.45, 2.75) is 31.8 Å². The number of hydrogen-bond acceptors (Lipinski definition) is 8. The van der Waals surface area contributed by atoms with Crippen molar-refractivity contribution in [2.75, 3.05) is 33.5 Å². The fourth-order valence-corrected chi connectivity index (χ4v) is 4.02. The Bertz CT molecular complexity index is 1170. The number of ether oxygens (including phenoxy) is 5. The van der Waals surface area contributed by atoms with Crippen molar-refractivity contribution in [1.82, 2.24) is 14.9 Å². The summed E-state index contributed by atoms with van der Waals surface area (Å²) < 4.78 is 30.0. The molecule has 0 amide bonds. The van der Waals surface area contributed by atoms with Crippen molar-refractivity contribution in [2.24, 2.45) is 0 Å². The summed E-state index contributed by atoms with van der Waals surface area (Å²) in [5.74, 6) is 2.26. The summed E-state index contributed by atoms with van der Waals surface area (Å²) in [6, 6.07) is 11.5. The highest BCUT2D eigenvalue weighted by Gasteiger charge is 2.22. The van der Waals surface area contributed by atoms with Gasteiger partial charge in [-0.3, -0.25) is 4.79 Å². The van der Waals surface area contributed by atoms with Gasteiger partial charge in [0.15, 0.2) is 17.8 Å².